The van der Waals surface area contributed by atoms with Gasteiger partial charge in [-0.2, -0.15) is 0 Å². The van der Waals surface area contributed by atoms with Gasteiger partial charge >= 0.3 is 0 Å². The number of nitrogens with two attached hydrogens (primary N) is 1. The van der Waals surface area contributed by atoms with E-state index in [0.29, 0.717) is 5.92 Å². The first-order valence-electron chi connectivity index (χ1n) is 7.29. The van der Waals surface area contributed by atoms with Crippen molar-refractivity contribution in [3.8, 4) is 0 Å². The Morgan fingerprint density at radius 3 is 2.42 bits per heavy atom. The van der Waals surface area contributed by atoms with Gasteiger partial charge in [-0.05, 0) is 46.8 Å². The molecule has 5 nitrogen and oxygen atoms in total. The fourth-order valence-electron chi connectivity index (χ4n) is 4.29. The van der Waals surface area contributed by atoms with Gasteiger partial charge in [0.05, 0.1) is 11.7 Å². The van der Waals surface area contributed by atoms with Crippen molar-refractivity contribution in [2.24, 2.45) is 11.7 Å². The van der Waals surface area contributed by atoms with Crippen LogP contribution in [-0.2, 0) is 0 Å². The molecule has 6 N–H and O–H groups in total. The number of likely N-dealkylation sites (N-methyl/N-ethyl adjacent to an activating group) is 3. The molecule has 2 aliphatic rings. The van der Waals surface area contributed by atoms with Gasteiger partial charge in [0.25, 0.3) is 0 Å². The Bertz CT molecular complexity index is 356. The van der Waals surface area contributed by atoms with Crippen LogP contribution in [-0.4, -0.2) is 45.4 Å². The first-order valence-corrected chi connectivity index (χ1v) is 7.29. The zero-order valence-electron chi connectivity index (χ0n) is 12.6. The lowest BCUT2D eigenvalue weighted by atomic mass is 9.59. The SMILES string of the molecule is CNC1=CCC2C(N)(NC)CCCC2(NC)C1NC. The maximum atomic E-state index is 6.65. The second-order valence-electron chi connectivity index (χ2n) is 5.85. The molecule has 19 heavy (non-hydrogen) atoms. The first-order chi connectivity index (χ1) is 9.07. The maximum absolute atomic E-state index is 6.65. The molecular weight excluding hydrogens is 238 g/mol. The summed E-state index contributed by atoms with van der Waals surface area (Å²) in [6.07, 6.45) is 6.64. The third-order valence-corrected chi connectivity index (χ3v) is 5.33. The standard InChI is InChI=1S/C14H29N5/c1-16-10-6-7-11-13(18-3,12(10)17-2)8-5-9-14(11,15)19-4/h6,11-12,16-19H,5,7-9,15H2,1-4H3. The number of hydrogen-bond acceptors (Lipinski definition) is 5. The predicted molar refractivity (Wildman–Crippen MR) is 79.7 cm³/mol. The lowest BCUT2D eigenvalue weighted by Gasteiger charge is -2.58. The molecule has 4 unspecified atom stereocenters. The van der Waals surface area contributed by atoms with Crippen molar-refractivity contribution in [3.05, 3.63) is 11.8 Å². The number of fused-ring (bicyclic) bond motifs is 1. The van der Waals surface area contributed by atoms with Crippen LogP contribution in [0.25, 0.3) is 0 Å². The van der Waals surface area contributed by atoms with Crippen LogP contribution in [0.15, 0.2) is 11.8 Å². The molecule has 0 bridgehead atoms. The van der Waals surface area contributed by atoms with Crippen LogP contribution in [0.2, 0.25) is 0 Å². The Kier molecular flexibility index (Phi) is 4.20. The van der Waals surface area contributed by atoms with Crippen molar-refractivity contribution in [3.63, 3.8) is 0 Å². The Balaban J connectivity index is 2.45. The van der Waals surface area contributed by atoms with E-state index in [1.807, 2.05) is 21.1 Å². The summed E-state index contributed by atoms with van der Waals surface area (Å²) in [5, 5.41) is 13.8. The third-order valence-electron chi connectivity index (χ3n) is 5.33. The molecule has 5 heteroatoms. The zero-order chi connectivity index (χ0) is 14.1. The Morgan fingerprint density at radius 1 is 1.16 bits per heavy atom. The minimum atomic E-state index is -0.286. The summed E-state index contributed by atoms with van der Waals surface area (Å²) in [4.78, 5) is 0. The second-order valence-corrected chi connectivity index (χ2v) is 5.85. The van der Waals surface area contributed by atoms with Gasteiger partial charge in [-0.1, -0.05) is 6.08 Å². The van der Waals surface area contributed by atoms with Gasteiger partial charge in [-0.25, -0.2) is 0 Å². The zero-order valence-corrected chi connectivity index (χ0v) is 12.6. The third kappa shape index (κ3) is 2.09. The minimum absolute atomic E-state index is 0.0118. The molecule has 2 aliphatic carbocycles. The Morgan fingerprint density at radius 2 is 1.89 bits per heavy atom. The number of hydrogen-bond donors (Lipinski definition) is 5. The van der Waals surface area contributed by atoms with E-state index < -0.39 is 0 Å². The number of rotatable bonds is 4. The van der Waals surface area contributed by atoms with Gasteiger partial charge in [0.1, 0.15) is 0 Å². The first kappa shape index (κ1) is 14.8. The van der Waals surface area contributed by atoms with E-state index in [1.54, 1.807) is 0 Å². The van der Waals surface area contributed by atoms with Crippen LogP contribution in [0, 0.1) is 5.92 Å². The molecule has 0 aromatic heterocycles. The van der Waals surface area contributed by atoms with Crippen LogP contribution >= 0.6 is 0 Å². The van der Waals surface area contributed by atoms with Gasteiger partial charge in [-0.3, -0.25) is 0 Å². The van der Waals surface area contributed by atoms with E-state index >= 15 is 0 Å². The van der Waals surface area contributed by atoms with Crippen molar-refractivity contribution in [1.82, 2.24) is 21.3 Å². The van der Waals surface area contributed by atoms with Gasteiger partial charge in [0.2, 0.25) is 0 Å². The molecular formula is C14H29N5. The van der Waals surface area contributed by atoms with E-state index in [0.717, 1.165) is 25.7 Å². The number of nitrogens with one attached hydrogen (secondary N) is 4. The molecule has 0 spiro atoms. The summed E-state index contributed by atoms with van der Waals surface area (Å²) in [7, 11) is 8.08. The number of allylic oxidation sites excluding steroid dienone is 1. The monoisotopic (exact) mass is 267 g/mol. The fourth-order valence-corrected chi connectivity index (χ4v) is 4.29. The summed E-state index contributed by atoms with van der Waals surface area (Å²) in [6, 6.07) is 0.276. The van der Waals surface area contributed by atoms with Crippen LogP contribution in [0.3, 0.4) is 0 Å². The lowest BCUT2D eigenvalue weighted by Crippen LogP contribution is -2.76. The summed E-state index contributed by atoms with van der Waals surface area (Å²) >= 11 is 0. The minimum Gasteiger partial charge on any atom is -0.390 e. The summed E-state index contributed by atoms with van der Waals surface area (Å²) < 4.78 is 0. The topological polar surface area (TPSA) is 74.1 Å². The molecule has 1 fully saturated rings. The molecule has 1 saturated carbocycles. The van der Waals surface area contributed by atoms with Gasteiger partial charge in [0.15, 0.2) is 0 Å². The van der Waals surface area contributed by atoms with E-state index in [9.17, 15) is 0 Å². The highest BCUT2D eigenvalue weighted by atomic mass is 15.2. The molecule has 0 amide bonds. The summed E-state index contributed by atoms with van der Waals surface area (Å²) in [5.74, 6) is 0.387. The highest BCUT2D eigenvalue weighted by Gasteiger charge is 2.56. The van der Waals surface area contributed by atoms with Gasteiger partial charge in [-0.15, -0.1) is 0 Å². The molecule has 0 aliphatic heterocycles. The Hall–Kier alpha value is -0.620. The van der Waals surface area contributed by atoms with Gasteiger partial charge in [0, 0.05) is 24.2 Å². The second kappa shape index (κ2) is 5.40. The van der Waals surface area contributed by atoms with Crippen molar-refractivity contribution >= 4 is 0 Å². The smallest absolute Gasteiger partial charge is 0.0710 e. The van der Waals surface area contributed by atoms with Crippen molar-refractivity contribution < 1.29 is 0 Å². The maximum Gasteiger partial charge on any atom is 0.0710 e. The van der Waals surface area contributed by atoms with Crippen molar-refractivity contribution in [2.45, 2.75) is 42.9 Å². The quantitative estimate of drug-likeness (QED) is 0.453. The van der Waals surface area contributed by atoms with Crippen molar-refractivity contribution in [1.29, 1.82) is 0 Å². The molecule has 0 saturated heterocycles. The van der Waals surface area contributed by atoms with E-state index in [2.05, 4.69) is 34.4 Å². The molecule has 0 radical (unpaired) electrons. The molecule has 4 atom stereocenters. The fraction of sp³-hybridized carbons (Fsp3) is 0.857. The molecule has 2 rings (SSSR count). The molecule has 0 heterocycles. The summed E-state index contributed by atoms with van der Waals surface area (Å²) in [6.45, 7) is 0. The van der Waals surface area contributed by atoms with E-state index in [1.165, 1.54) is 5.70 Å². The lowest BCUT2D eigenvalue weighted by molar-refractivity contribution is 0.0241. The molecule has 0 aromatic carbocycles. The van der Waals surface area contributed by atoms with E-state index in [-0.39, 0.29) is 17.2 Å². The van der Waals surface area contributed by atoms with Gasteiger partial charge < -0.3 is 27.0 Å². The highest BCUT2D eigenvalue weighted by molar-refractivity contribution is 5.28. The van der Waals surface area contributed by atoms with Crippen LogP contribution in [0.4, 0.5) is 0 Å². The van der Waals surface area contributed by atoms with Crippen LogP contribution in [0.1, 0.15) is 25.7 Å². The van der Waals surface area contributed by atoms with Crippen LogP contribution < -0.4 is 27.0 Å². The van der Waals surface area contributed by atoms with Crippen LogP contribution in [0.5, 0.6) is 0 Å². The molecule has 110 valence electrons. The highest BCUT2D eigenvalue weighted by Crippen LogP contribution is 2.45. The average molecular weight is 267 g/mol. The predicted octanol–water partition coefficient (Wildman–Crippen LogP) is -0.286. The van der Waals surface area contributed by atoms with E-state index in [4.69, 9.17) is 5.73 Å². The van der Waals surface area contributed by atoms with Crippen molar-refractivity contribution in [2.75, 3.05) is 28.2 Å². The average Bonchev–Trinajstić information content (AvgIpc) is 2.45. The largest absolute Gasteiger partial charge is 0.390 e. The Labute approximate surface area is 116 Å². The normalized spacial score (nSPS) is 42.5. The summed E-state index contributed by atoms with van der Waals surface area (Å²) in [5.41, 5.74) is 7.65. The molecule has 0 aromatic rings.